The number of aryl methyl sites for hydroxylation is 1. The van der Waals surface area contributed by atoms with E-state index < -0.39 is 0 Å². The van der Waals surface area contributed by atoms with E-state index in [2.05, 4.69) is 37.4 Å². The van der Waals surface area contributed by atoms with Crippen molar-refractivity contribution in [1.29, 1.82) is 0 Å². The summed E-state index contributed by atoms with van der Waals surface area (Å²) in [7, 11) is 0. The molecule has 0 aliphatic carbocycles. The Morgan fingerprint density at radius 1 is 1.50 bits per heavy atom. The van der Waals surface area contributed by atoms with Crippen LogP contribution in [0.2, 0.25) is 0 Å². The number of rotatable bonds is 1. The van der Waals surface area contributed by atoms with Gasteiger partial charge < -0.3 is 11.1 Å². The Morgan fingerprint density at radius 3 is 3.00 bits per heavy atom. The Morgan fingerprint density at radius 2 is 2.29 bits per heavy atom. The van der Waals surface area contributed by atoms with E-state index in [0.29, 0.717) is 11.3 Å². The van der Waals surface area contributed by atoms with Gasteiger partial charge in [0.1, 0.15) is 0 Å². The molecule has 1 aromatic rings. The molecule has 0 aromatic heterocycles. The lowest BCUT2D eigenvalue weighted by atomic mass is 10.1. The van der Waals surface area contributed by atoms with E-state index in [0.717, 1.165) is 6.54 Å². The third-order valence-corrected chi connectivity index (χ3v) is 4.08. The SMILES string of the molecule is Cc1ccc2c(c1)SC(CN)C(C)N2. The zero-order valence-corrected chi connectivity index (χ0v) is 9.40. The zero-order valence-electron chi connectivity index (χ0n) is 8.58. The van der Waals surface area contributed by atoms with Crippen LogP contribution in [0.1, 0.15) is 12.5 Å². The van der Waals surface area contributed by atoms with Gasteiger partial charge in [0, 0.05) is 28.4 Å². The van der Waals surface area contributed by atoms with Crippen LogP contribution >= 0.6 is 11.8 Å². The van der Waals surface area contributed by atoms with Crippen molar-refractivity contribution < 1.29 is 0 Å². The van der Waals surface area contributed by atoms with E-state index in [1.54, 1.807) is 0 Å². The number of nitrogens with two attached hydrogens (primary N) is 1. The molecule has 3 heteroatoms. The number of nitrogens with one attached hydrogen (secondary N) is 1. The fourth-order valence-corrected chi connectivity index (χ4v) is 2.90. The fraction of sp³-hybridized carbons (Fsp3) is 0.455. The molecule has 2 unspecified atom stereocenters. The number of anilines is 1. The van der Waals surface area contributed by atoms with Gasteiger partial charge in [0.25, 0.3) is 0 Å². The van der Waals surface area contributed by atoms with Crippen LogP contribution in [0.3, 0.4) is 0 Å². The van der Waals surface area contributed by atoms with Crippen molar-refractivity contribution in [2.24, 2.45) is 5.73 Å². The fourth-order valence-electron chi connectivity index (χ4n) is 1.70. The second-order valence-electron chi connectivity index (χ2n) is 3.82. The summed E-state index contributed by atoms with van der Waals surface area (Å²) in [5.74, 6) is 0. The van der Waals surface area contributed by atoms with Crippen LogP contribution in [0.15, 0.2) is 23.1 Å². The first-order valence-corrected chi connectivity index (χ1v) is 5.82. The van der Waals surface area contributed by atoms with Crippen LogP contribution in [0.25, 0.3) is 0 Å². The minimum Gasteiger partial charge on any atom is -0.381 e. The Hall–Kier alpha value is -0.670. The maximum Gasteiger partial charge on any atom is 0.0481 e. The summed E-state index contributed by atoms with van der Waals surface area (Å²) in [5.41, 5.74) is 8.28. The van der Waals surface area contributed by atoms with Crippen LogP contribution in [-0.2, 0) is 0 Å². The summed E-state index contributed by atoms with van der Waals surface area (Å²) in [6, 6.07) is 6.98. The van der Waals surface area contributed by atoms with E-state index in [-0.39, 0.29) is 0 Å². The highest BCUT2D eigenvalue weighted by molar-refractivity contribution is 8.00. The predicted octanol–water partition coefficient (Wildman–Crippen LogP) is 2.23. The highest BCUT2D eigenvalue weighted by Crippen LogP contribution is 2.37. The molecule has 0 bridgehead atoms. The van der Waals surface area contributed by atoms with Crippen molar-refractivity contribution in [2.45, 2.75) is 30.0 Å². The van der Waals surface area contributed by atoms with Crippen LogP contribution in [0.4, 0.5) is 5.69 Å². The molecule has 76 valence electrons. The number of benzene rings is 1. The molecule has 0 radical (unpaired) electrons. The summed E-state index contributed by atoms with van der Waals surface area (Å²) in [5, 5.41) is 3.98. The normalized spacial score (nSPS) is 25.4. The van der Waals surface area contributed by atoms with Crippen LogP contribution < -0.4 is 11.1 Å². The van der Waals surface area contributed by atoms with Crippen LogP contribution in [-0.4, -0.2) is 17.8 Å². The monoisotopic (exact) mass is 208 g/mol. The maximum absolute atomic E-state index is 5.73. The quantitative estimate of drug-likeness (QED) is 0.743. The van der Waals surface area contributed by atoms with Crippen molar-refractivity contribution >= 4 is 17.4 Å². The molecular formula is C11H16N2S. The van der Waals surface area contributed by atoms with Gasteiger partial charge in [-0.05, 0) is 31.5 Å². The van der Waals surface area contributed by atoms with Gasteiger partial charge in [-0.3, -0.25) is 0 Å². The number of thioether (sulfide) groups is 1. The molecule has 1 aromatic carbocycles. The predicted molar refractivity (Wildman–Crippen MR) is 63.0 cm³/mol. The van der Waals surface area contributed by atoms with Crippen molar-refractivity contribution in [2.75, 3.05) is 11.9 Å². The lowest BCUT2D eigenvalue weighted by Gasteiger charge is -2.31. The molecule has 2 rings (SSSR count). The Bertz CT molecular complexity index is 338. The summed E-state index contributed by atoms with van der Waals surface area (Å²) >= 11 is 1.89. The van der Waals surface area contributed by atoms with E-state index in [9.17, 15) is 0 Å². The molecule has 0 amide bonds. The molecule has 1 aliphatic heterocycles. The van der Waals surface area contributed by atoms with Crippen molar-refractivity contribution in [3.8, 4) is 0 Å². The smallest absolute Gasteiger partial charge is 0.0481 e. The molecular weight excluding hydrogens is 192 g/mol. The number of fused-ring (bicyclic) bond motifs is 1. The van der Waals surface area contributed by atoms with Crippen molar-refractivity contribution in [3.05, 3.63) is 23.8 Å². The Kier molecular flexibility index (Phi) is 2.70. The second kappa shape index (κ2) is 3.83. The van der Waals surface area contributed by atoms with Gasteiger partial charge in [0.05, 0.1) is 0 Å². The minimum atomic E-state index is 0.459. The molecule has 0 saturated heterocycles. The second-order valence-corrected chi connectivity index (χ2v) is 5.11. The van der Waals surface area contributed by atoms with Gasteiger partial charge in [-0.2, -0.15) is 0 Å². The molecule has 14 heavy (non-hydrogen) atoms. The van der Waals surface area contributed by atoms with Crippen molar-refractivity contribution in [3.63, 3.8) is 0 Å². The Labute approximate surface area is 89.3 Å². The first kappa shape index (κ1) is 9.87. The third-order valence-electron chi connectivity index (χ3n) is 2.59. The molecule has 0 fully saturated rings. The number of hydrogen-bond donors (Lipinski definition) is 2. The molecule has 2 nitrogen and oxygen atoms in total. The van der Waals surface area contributed by atoms with Crippen LogP contribution in [0, 0.1) is 6.92 Å². The number of hydrogen-bond acceptors (Lipinski definition) is 3. The molecule has 0 spiro atoms. The van der Waals surface area contributed by atoms with Gasteiger partial charge >= 0.3 is 0 Å². The van der Waals surface area contributed by atoms with Crippen LogP contribution in [0.5, 0.6) is 0 Å². The minimum absolute atomic E-state index is 0.459. The maximum atomic E-state index is 5.73. The molecule has 1 heterocycles. The summed E-state index contributed by atoms with van der Waals surface area (Å²) < 4.78 is 0. The summed E-state index contributed by atoms with van der Waals surface area (Å²) in [4.78, 5) is 1.33. The van der Waals surface area contributed by atoms with E-state index in [1.165, 1.54) is 16.1 Å². The summed E-state index contributed by atoms with van der Waals surface area (Å²) in [6.45, 7) is 5.04. The largest absolute Gasteiger partial charge is 0.381 e. The average Bonchev–Trinajstić information content (AvgIpc) is 2.17. The topological polar surface area (TPSA) is 38.0 Å². The average molecular weight is 208 g/mol. The lowest BCUT2D eigenvalue weighted by Crippen LogP contribution is -2.37. The van der Waals surface area contributed by atoms with E-state index >= 15 is 0 Å². The molecule has 2 atom stereocenters. The first-order chi connectivity index (χ1) is 6.70. The summed E-state index contributed by atoms with van der Waals surface area (Å²) in [6.07, 6.45) is 0. The lowest BCUT2D eigenvalue weighted by molar-refractivity contribution is 0.723. The highest BCUT2D eigenvalue weighted by atomic mass is 32.2. The molecule has 1 aliphatic rings. The van der Waals surface area contributed by atoms with Gasteiger partial charge in [-0.15, -0.1) is 11.8 Å². The van der Waals surface area contributed by atoms with E-state index in [1.807, 2.05) is 11.8 Å². The standard InChI is InChI=1S/C11H16N2S/c1-7-3-4-9-10(5-7)14-11(6-12)8(2)13-9/h3-5,8,11,13H,6,12H2,1-2H3. The van der Waals surface area contributed by atoms with Gasteiger partial charge in [-0.1, -0.05) is 6.07 Å². The van der Waals surface area contributed by atoms with Gasteiger partial charge in [-0.25, -0.2) is 0 Å². The van der Waals surface area contributed by atoms with Crippen molar-refractivity contribution in [1.82, 2.24) is 0 Å². The highest BCUT2D eigenvalue weighted by Gasteiger charge is 2.23. The van der Waals surface area contributed by atoms with E-state index in [4.69, 9.17) is 5.73 Å². The van der Waals surface area contributed by atoms with Gasteiger partial charge in [0.2, 0.25) is 0 Å². The zero-order chi connectivity index (χ0) is 10.1. The molecule has 0 saturated carbocycles. The Balaban J connectivity index is 2.31. The van der Waals surface area contributed by atoms with Gasteiger partial charge in [0.15, 0.2) is 0 Å². The molecule has 3 N–H and O–H groups in total. The third kappa shape index (κ3) is 1.74. The first-order valence-electron chi connectivity index (χ1n) is 4.94.